The summed E-state index contributed by atoms with van der Waals surface area (Å²) < 4.78 is 52.5. The summed E-state index contributed by atoms with van der Waals surface area (Å²) in [5.41, 5.74) is 1.68. The van der Waals surface area contributed by atoms with E-state index in [0.29, 0.717) is 6.07 Å². The molecule has 9 heteroatoms. The molecule has 2 aromatic rings. The zero-order valence-corrected chi connectivity index (χ0v) is 19.0. The lowest BCUT2D eigenvalue weighted by molar-refractivity contribution is -0.133. The summed E-state index contributed by atoms with van der Waals surface area (Å²) in [6.07, 6.45) is -3.93. The molecule has 0 heterocycles. The quantitative estimate of drug-likeness (QED) is 0.452. The number of aryl methyl sites for hydroxylation is 1. The summed E-state index contributed by atoms with van der Waals surface area (Å²) in [6, 6.07) is 9.47. The van der Waals surface area contributed by atoms with Gasteiger partial charge in [0.05, 0.1) is 12.1 Å². The third kappa shape index (κ3) is 8.07. The third-order valence-corrected chi connectivity index (χ3v) is 5.18. The number of nitrogens with one attached hydrogen (secondary N) is 2. The predicted octanol–water partition coefficient (Wildman–Crippen LogP) is 4.13. The van der Waals surface area contributed by atoms with Crippen LogP contribution in [-0.4, -0.2) is 36.1 Å². The number of halogens is 5. The van der Waals surface area contributed by atoms with Gasteiger partial charge < -0.3 is 15.7 Å². The number of carbonyl (C=O) groups is 1. The normalized spacial score (nSPS) is 13.4. The molecule has 0 spiro atoms. The standard InChI is InChI=1S/C23H28F4N2O2.ClH/c1-4-14-6-5-7-16(8-14)23(2,3)28-13-20(30)19(29-22(31)21(26)27)11-15-9-17(24)12-18(25)10-15;/h5-10,12,19-21,28,30H,4,11,13H2,1-3H3,(H,29,31);1H/t19-,20+;/m0./s1. The molecule has 3 N–H and O–H groups in total. The molecule has 2 aromatic carbocycles. The Bertz CT molecular complexity index is 876. The van der Waals surface area contributed by atoms with Crippen molar-refractivity contribution in [2.24, 2.45) is 0 Å². The molecular weight excluding hydrogens is 448 g/mol. The highest BCUT2D eigenvalue weighted by atomic mass is 35.5. The fraction of sp³-hybridized carbons (Fsp3) is 0.435. The van der Waals surface area contributed by atoms with E-state index in [1.54, 1.807) is 0 Å². The number of benzene rings is 2. The number of aliphatic hydroxyl groups is 1. The van der Waals surface area contributed by atoms with Gasteiger partial charge in [-0.25, -0.2) is 8.78 Å². The van der Waals surface area contributed by atoms with Crippen LogP contribution in [0.2, 0.25) is 0 Å². The van der Waals surface area contributed by atoms with Crippen molar-refractivity contribution in [1.29, 1.82) is 0 Å². The Kier molecular flexibility index (Phi) is 10.6. The first-order valence-electron chi connectivity index (χ1n) is 10.1. The number of carbonyl (C=O) groups excluding carboxylic acids is 1. The second kappa shape index (κ2) is 12.2. The van der Waals surface area contributed by atoms with Crippen molar-refractivity contribution >= 4 is 18.3 Å². The van der Waals surface area contributed by atoms with Crippen molar-refractivity contribution in [1.82, 2.24) is 10.6 Å². The highest BCUT2D eigenvalue weighted by molar-refractivity contribution is 5.85. The molecule has 0 aromatic heterocycles. The van der Waals surface area contributed by atoms with Gasteiger partial charge in [-0.05, 0) is 55.5 Å². The molecule has 0 bridgehead atoms. The Morgan fingerprint density at radius 1 is 1.06 bits per heavy atom. The van der Waals surface area contributed by atoms with Crippen molar-refractivity contribution in [3.8, 4) is 0 Å². The summed E-state index contributed by atoms with van der Waals surface area (Å²) in [5, 5.41) is 15.9. The predicted molar refractivity (Wildman–Crippen MR) is 118 cm³/mol. The van der Waals surface area contributed by atoms with Crippen LogP contribution in [-0.2, 0) is 23.2 Å². The van der Waals surface area contributed by atoms with Crippen LogP contribution in [0, 0.1) is 11.6 Å². The smallest absolute Gasteiger partial charge is 0.315 e. The number of rotatable bonds is 10. The molecule has 0 aliphatic carbocycles. The monoisotopic (exact) mass is 476 g/mol. The lowest BCUT2D eigenvalue weighted by Crippen LogP contribution is -2.52. The summed E-state index contributed by atoms with van der Waals surface area (Å²) in [4.78, 5) is 11.5. The molecule has 0 saturated heterocycles. The highest BCUT2D eigenvalue weighted by Crippen LogP contribution is 2.22. The van der Waals surface area contributed by atoms with Crippen LogP contribution >= 0.6 is 12.4 Å². The zero-order chi connectivity index (χ0) is 23.2. The largest absolute Gasteiger partial charge is 0.390 e. The van der Waals surface area contributed by atoms with Gasteiger partial charge in [0, 0.05) is 18.2 Å². The Hall–Kier alpha value is -2.16. The van der Waals surface area contributed by atoms with E-state index in [0.717, 1.165) is 29.7 Å². The first-order chi connectivity index (χ1) is 14.5. The van der Waals surface area contributed by atoms with E-state index in [4.69, 9.17) is 0 Å². The molecule has 4 nitrogen and oxygen atoms in total. The molecule has 2 atom stereocenters. The Balaban J connectivity index is 0.00000512. The highest BCUT2D eigenvalue weighted by Gasteiger charge is 2.28. The maximum absolute atomic E-state index is 13.5. The molecule has 0 unspecified atom stereocenters. The SMILES string of the molecule is CCc1cccc(C(C)(C)NC[C@@H](O)[C@H](Cc2cc(F)cc(F)c2)NC(=O)C(F)F)c1.Cl. The van der Waals surface area contributed by atoms with Gasteiger partial charge >= 0.3 is 6.43 Å². The molecule has 178 valence electrons. The van der Waals surface area contributed by atoms with E-state index < -0.39 is 41.7 Å². The van der Waals surface area contributed by atoms with E-state index in [2.05, 4.69) is 10.6 Å². The lowest BCUT2D eigenvalue weighted by Gasteiger charge is -2.31. The number of hydrogen-bond acceptors (Lipinski definition) is 3. The van der Waals surface area contributed by atoms with Crippen molar-refractivity contribution in [2.75, 3.05) is 6.54 Å². The molecule has 1 amide bonds. The van der Waals surface area contributed by atoms with Gasteiger partial charge in [-0.2, -0.15) is 8.78 Å². The summed E-state index contributed by atoms with van der Waals surface area (Å²) in [5.74, 6) is -3.23. The van der Waals surface area contributed by atoms with Crippen LogP contribution in [0.25, 0.3) is 0 Å². The van der Waals surface area contributed by atoms with Gasteiger partial charge in [0.1, 0.15) is 11.6 Å². The maximum Gasteiger partial charge on any atom is 0.315 e. The number of alkyl halides is 2. The fourth-order valence-electron chi connectivity index (χ4n) is 3.30. The minimum Gasteiger partial charge on any atom is -0.390 e. The molecule has 0 radical (unpaired) electrons. The van der Waals surface area contributed by atoms with Crippen molar-refractivity contribution in [3.63, 3.8) is 0 Å². The van der Waals surface area contributed by atoms with E-state index in [1.807, 2.05) is 45.0 Å². The Labute approximate surface area is 191 Å². The Morgan fingerprint density at radius 2 is 1.69 bits per heavy atom. The van der Waals surface area contributed by atoms with Gasteiger partial charge in [-0.1, -0.05) is 31.2 Å². The molecule has 0 fully saturated rings. The van der Waals surface area contributed by atoms with Crippen molar-refractivity contribution in [2.45, 2.75) is 57.7 Å². The van der Waals surface area contributed by atoms with Crippen LogP contribution < -0.4 is 10.6 Å². The van der Waals surface area contributed by atoms with E-state index in [-0.39, 0.29) is 30.9 Å². The van der Waals surface area contributed by atoms with Gasteiger partial charge in [-0.15, -0.1) is 12.4 Å². The minimum absolute atomic E-state index is 0. The average Bonchev–Trinajstić information content (AvgIpc) is 2.70. The van der Waals surface area contributed by atoms with E-state index >= 15 is 0 Å². The van der Waals surface area contributed by atoms with Gasteiger partial charge in [0.15, 0.2) is 0 Å². The Morgan fingerprint density at radius 3 is 2.25 bits per heavy atom. The van der Waals surface area contributed by atoms with Crippen LogP contribution in [0.15, 0.2) is 42.5 Å². The second-order valence-electron chi connectivity index (χ2n) is 8.02. The topological polar surface area (TPSA) is 61.4 Å². The van der Waals surface area contributed by atoms with Crippen LogP contribution in [0.5, 0.6) is 0 Å². The van der Waals surface area contributed by atoms with Crippen molar-refractivity contribution in [3.05, 3.63) is 70.8 Å². The molecule has 0 saturated carbocycles. The van der Waals surface area contributed by atoms with Gasteiger partial charge in [0.25, 0.3) is 5.91 Å². The van der Waals surface area contributed by atoms with E-state index in [1.165, 1.54) is 0 Å². The van der Waals surface area contributed by atoms with E-state index in [9.17, 15) is 27.5 Å². The summed E-state index contributed by atoms with van der Waals surface area (Å²) in [7, 11) is 0. The van der Waals surface area contributed by atoms with Crippen LogP contribution in [0.4, 0.5) is 17.6 Å². The minimum atomic E-state index is -3.28. The number of hydrogen-bond donors (Lipinski definition) is 3. The summed E-state index contributed by atoms with van der Waals surface area (Å²) >= 11 is 0. The lowest BCUT2D eigenvalue weighted by atomic mass is 9.91. The van der Waals surface area contributed by atoms with Gasteiger partial charge in [0.2, 0.25) is 0 Å². The summed E-state index contributed by atoms with van der Waals surface area (Å²) in [6.45, 7) is 5.80. The first kappa shape index (κ1) is 27.9. The first-order valence-corrected chi connectivity index (χ1v) is 10.1. The van der Waals surface area contributed by atoms with Crippen LogP contribution in [0.1, 0.15) is 37.5 Å². The van der Waals surface area contributed by atoms with Crippen LogP contribution in [0.3, 0.4) is 0 Å². The molecule has 0 aliphatic rings. The maximum atomic E-state index is 13.5. The fourth-order valence-corrected chi connectivity index (χ4v) is 3.30. The molecule has 32 heavy (non-hydrogen) atoms. The molecule has 2 rings (SSSR count). The zero-order valence-electron chi connectivity index (χ0n) is 18.2. The number of aliphatic hydroxyl groups excluding tert-OH is 1. The molecular formula is C23H29ClF4N2O2. The average molecular weight is 477 g/mol. The number of amides is 1. The van der Waals surface area contributed by atoms with Crippen molar-refractivity contribution < 1.29 is 27.5 Å². The molecule has 0 aliphatic heterocycles. The third-order valence-electron chi connectivity index (χ3n) is 5.18. The second-order valence-corrected chi connectivity index (χ2v) is 8.02. The van der Waals surface area contributed by atoms with Gasteiger partial charge in [-0.3, -0.25) is 4.79 Å².